The summed E-state index contributed by atoms with van der Waals surface area (Å²) in [5.41, 5.74) is 2.22. The first kappa shape index (κ1) is 17.2. The number of nitro benzene ring substituents is 1. The molecule has 1 N–H and O–H groups in total. The highest BCUT2D eigenvalue weighted by Gasteiger charge is 2.15. The number of halogens is 1. The van der Waals surface area contributed by atoms with E-state index < -0.39 is 10.8 Å². The van der Waals surface area contributed by atoms with Gasteiger partial charge in [-0.2, -0.15) is 0 Å². The molecule has 2 aromatic heterocycles. The van der Waals surface area contributed by atoms with Crippen molar-refractivity contribution >= 4 is 45.2 Å². The molecule has 0 saturated carbocycles. The van der Waals surface area contributed by atoms with E-state index in [0.717, 1.165) is 22.3 Å². The number of imidazole rings is 1. The van der Waals surface area contributed by atoms with Crippen LogP contribution < -0.4 is 5.32 Å². The van der Waals surface area contributed by atoms with Crippen molar-refractivity contribution in [1.82, 2.24) is 9.38 Å². The van der Waals surface area contributed by atoms with Crippen molar-refractivity contribution in [2.24, 2.45) is 0 Å². The minimum absolute atomic E-state index is 0.0205. The number of nitrogens with one attached hydrogen (secondary N) is 1. The largest absolute Gasteiger partial charge is 0.322 e. The Kier molecular flexibility index (Phi) is 4.35. The van der Waals surface area contributed by atoms with Gasteiger partial charge in [-0.25, -0.2) is 4.98 Å². The van der Waals surface area contributed by atoms with Gasteiger partial charge < -0.3 is 5.32 Å². The van der Waals surface area contributed by atoms with E-state index in [0.29, 0.717) is 5.69 Å². The molecule has 0 radical (unpaired) electrons. The number of carbonyl (C=O) groups is 1. The van der Waals surface area contributed by atoms with Crippen molar-refractivity contribution < 1.29 is 9.72 Å². The molecule has 4 aromatic rings. The molecule has 0 atom stereocenters. The van der Waals surface area contributed by atoms with E-state index in [1.165, 1.54) is 23.5 Å². The van der Waals surface area contributed by atoms with E-state index in [4.69, 9.17) is 11.6 Å². The van der Waals surface area contributed by atoms with Gasteiger partial charge in [0.25, 0.3) is 11.6 Å². The van der Waals surface area contributed by atoms with E-state index in [-0.39, 0.29) is 16.3 Å². The fourth-order valence-electron chi connectivity index (χ4n) is 2.62. The van der Waals surface area contributed by atoms with Gasteiger partial charge in [-0.05, 0) is 18.2 Å². The lowest BCUT2D eigenvalue weighted by Crippen LogP contribution is -2.12. The summed E-state index contributed by atoms with van der Waals surface area (Å²) in [6.45, 7) is 0. The van der Waals surface area contributed by atoms with Crippen molar-refractivity contribution in [2.75, 3.05) is 5.32 Å². The van der Waals surface area contributed by atoms with Gasteiger partial charge in [0.2, 0.25) is 0 Å². The molecule has 2 aromatic carbocycles. The summed E-state index contributed by atoms with van der Waals surface area (Å²) in [4.78, 5) is 28.1. The average molecular weight is 399 g/mol. The average Bonchev–Trinajstić information content (AvgIpc) is 3.23. The molecule has 0 unspecified atom stereocenters. The zero-order valence-corrected chi connectivity index (χ0v) is 15.2. The van der Waals surface area contributed by atoms with Crippen LogP contribution in [0.25, 0.3) is 16.2 Å². The number of thiazole rings is 1. The first-order valence-corrected chi connectivity index (χ1v) is 9.05. The first-order chi connectivity index (χ1) is 13.0. The quantitative estimate of drug-likeness (QED) is 0.392. The lowest BCUT2D eigenvalue weighted by atomic mass is 10.1. The number of hydrogen-bond donors (Lipinski definition) is 1. The van der Waals surface area contributed by atoms with E-state index in [1.54, 1.807) is 6.07 Å². The van der Waals surface area contributed by atoms with Gasteiger partial charge in [0.15, 0.2) is 4.96 Å². The summed E-state index contributed by atoms with van der Waals surface area (Å²) in [5, 5.41) is 15.5. The predicted molar refractivity (Wildman–Crippen MR) is 105 cm³/mol. The van der Waals surface area contributed by atoms with Crippen LogP contribution in [0.5, 0.6) is 0 Å². The Hall–Kier alpha value is -3.23. The summed E-state index contributed by atoms with van der Waals surface area (Å²) >= 11 is 7.56. The van der Waals surface area contributed by atoms with Crippen molar-refractivity contribution in [1.29, 1.82) is 0 Å². The third-order valence-electron chi connectivity index (χ3n) is 3.92. The third-order valence-corrected chi connectivity index (χ3v) is 5.00. The molecule has 2 heterocycles. The molecule has 0 saturated heterocycles. The van der Waals surface area contributed by atoms with Gasteiger partial charge in [-0.3, -0.25) is 19.3 Å². The number of benzene rings is 2. The van der Waals surface area contributed by atoms with Crippen molar-refractivity contribution in [3.05, 3.63) is 80.9 Å². The van der Waals surface area contributed by atoms with E-state index in [9.17, 15) is 14.9 Å². The third kappa shape index (κ3) is 3.40. The summed E-state index contributed by atoms with van der Waals surface area (Å²) in [6.07, 6.45) is 3.85. The fraction of sp³-hybridized carbons (Fsp3) is 0. The van der Waals surface area contributed by atoms with Crippen LogP contribution in [-0.4, -0.2) is 20.2 Å². The molecule has 0 spiro atoms. The molecular weight excluding hydrogens is 388 g/mol. The molecule has 0 bridgehead atoms. The molecule has 7 nitrogen and oxygen atoms in total. The second-order valence-corrected chi connectivity index (χ2v) is 6.96. The second-order valence-electron chi connectivity index (χ2n) is 5.68. The SMILES string of the molecule is O=C(Nc1cccc(-c2cn3ccsc3n2)c1)c1ccc([N+](=O)[O-])cc1Cl. The molecule has 0 fully saturated rings. The molecule has 134 valence electrons. The highest BCUT2D eigenvalue weighted by molar-refractivity contribution is 7.15. The van der Waals surface area contributed by atoms with Crippen LogP contribution in [-0.2, 0) is 0 Å². The number of anilines is 1. The zero-order valence-electron chi connectivity index (χ0n) is 13.6. The number of rotatable bonds is 4. The van der Waals surface area contributed by atoms with Crippen LogP contribution in [0.1, 0.15) is 10.4 Å². The summed E-state index contributed by atoms with van der Waals surface area (Å²) in [7, 11) is 0. The number of hydrogen-bond acceptors (Lipinski definition) is 5. The maximum Gasteiger partial charge on any atom is 0.270 e. The lowest BCUT2D eigenvalue weighted by molar-refractivity contribution is -0.384. The molecular formula is C18H11ClN4O3S. The van der Waals surface area contributed by atoms with E-state index in [2.05, 4.69) is 10.3 Å². The number of amides is 1. The van der Waals surface area contributed by atoms with Gasteiger partial charge >= 0.3 is 0 Å². The Morgan fingerprint density at radius 2 is 2.11 bits per heavy atom. The maximum absolute atomic E-state index is 12.5. The van der Waals surface area contributed by atoms with Crippen LogP contribution in [0.2, 0.25) is 5.02 Å². The Balaban J connectivity index is 1.58. The normalized spacial score (nSPS) is 10.9. The Labute approximate surface area is 162 Å². The smallest absolute Gasteiger partial charge is 0.270 e. The Morgan fingerprint density at radius 3 is 2.85 bits per heavy atom. The summed E-state index contributed by atoms with van der Waals surface area (Å²) < 4.78 is 1.93. The molecule has 9 heteroatoms. The molecule has 0 aliphatic rings. The van der Waals surface area contributed by atoms with Gasteiger partial charge in [0.05, 0.1) is 21.2 Å². The highest BCUT2D eigenvalue weighted by atomic mass is 35.5. The molecule has 0 aliphatic heterocycles. The number of nitrogens with zero attached hydrogens (tertiary/aromatic N) is 3. The van der Waals surface area contributed by atoms with Crippen molar-refractivity contribution in [3.8, 4) is 11.3 Å². The molecule has 0 aliphatic carbocycles. The molecule has 4 rings (SSSR count). The second kappa shape index (κ2) is 6.82. The van der Waals surface area contributed by atoms with Crippen LogP contribution in [0, 0.1) is 10.1 Å². The van der Waals surface area contributed by atoms with Crippen molar-refractivity contribution in [2.45, 2.75) is 0 Å². The monoisotopic (exact) mass is 398 g/mol. The van der Waals surface area contributed by atoms with Gasteiger partial charge in [-0.15, -0.1) is 11.3 Å². The van der Waals surface area contributed by atoms with Crippen LogP contribution in [0.3, 0.4) is 0 Å². The maximum atomic E-state index is 12.5. The zero-order chi connectivity index (χ0) is 19.0. The fourth-order valence-corrected chi connectivity index (χ4v) is 3.58. The van der Waals surface area contributed by atoms with Crippen LogP contribution in [0.4, 0.5) is 11.4 Å². The van der Waals surface area contributed by atoms with Crippen LogP contribution in [0.15, 0.2) is 60.2 Å². The van der Waals surface area contributed by atoms with E-state index >= 15 is 0 Å². The molecule has 1 amide bonds. The Bertz CT molecular complexity index is 1160. The predicted octanol–water partition coefficient (Wildman–Crippen LogP) is 4.88. The van der Waals surface area contributed by atoms with Crippen molar-refractivity contribution in [3.63, 3.8) is 0 Å². The Morgan fingerprint density at radius 1 is 1.26 bits per heavy atom. The standard InChI is InChI=1S/C18H11ClN4O3S/c19-15-9-13(23(25)26)4-5-14(15)17(24)20-12-3-1-2-11(8-12)16-10-22-6-7-27-18(22)21-16/h1-10H,(H,20,24). The van der Waals surface area contributed by atoms with Gasteiger partial charge in [-0.1, -0.05) is 23.7 Å². The number of non-ortho nitro benzene ring substituents is 1. The summed E-state index contributed by atoms with van der Waals surface area (Å²) in [6, 6.07) is 11.0. The first-order valence-electron chi connectivity index (χ1n) is 7.79. The van der Waals surface area contributed by atoms with Gasteiger partial charge in [0, 0.05) is 41.2 Å². The number of fused-ring (bicyclic) bond motifs is 1. The minimum atomic E-state index is -0.563. The highest BCUT2D eigenvalue weighted by Crippen LogP contribution is 2.26. The minimum Gasteiger partial charge on any atom is -0.322 e. The van der Waals surface area contributed by atoms with E-state index in [1.807, 2.05) is 40.4 Å². The lowest BCUT2D eigenvalue weighted by Gasteiger charge is -2.08. The van der Waals surface area contributed by atoms with Gasteiger partial charge in [0.1, 0.15) is 0 Å². The topological polar surface area (TPSA) is 89.5 Å². The number of aromatic nitrogens is 2. The number of carbonyl (C=O) groups excluding carboxylic acids is 1. The van der Waals surface area contributed by atoms with Crippen LogP contribution >= 0.6 is 22.9 Å². The number of nitro groups is 1. The summed E-state index contributed by atoms with van der Waals surface area (Å²) in [5.74, 6) is -0.446. The molecule has 27 heavy (non-hydrogen) atoms.